The first kappa shape index (κ1) is 23.3. The molecule has 168 valence electrons. The van der Waals surface area contributed by atoms with E-state index in [9.17, 15) is 14.7 Å². The van der Waals surface area contributed by atoms with Crippen LogP contribution in [0, 0.1) is 5.41 Å². The van der Waals surface area contributed by atoms with Gasteiger partial charge in [0.2, 0.25) is 11.8 Å². The molecular weight excluding hydrogens is 416 g/mol. The summed E-state index contributed by atoms with van der Waals surface area (Å²) >= 11 is 5.97. The van der Waals surface area contributed by atoms with Crippen molar-refractivity contribution in [3.05, 3.63) is 53.1 Å². The van der Waals surface area contributed by atoms with Crippen molar-refractivity contribution in [3.63, 3.8) is 0 Å². The monoisotopic (exact) mass is 446 g/mol. The largest absolute Gasteiger partial charge is 0.391 e. The van der Waals surface area contributed by atoms with Gasteiger partial charge in [-0.3, -0.25) is 9.59 Å². The number of amides is 2. The zero-order valence-corrected chi connectivity index (χ0v) is 19.3. The molecule has 0 radical (unpaired) electrons. The molecule has 0 aliphatic carbocycles. The predicted molar refractivity (Wildman–Crippen MR) is 120 cm³/mol. The normalized spacial score (nSPS) is 20.0. The van der Waals surface area contributed by atoms with Gasteiger partial charge >= 0.3 is 0 Å². The summed E-state index contributed by atoms with van der Waals surface area (Å²) in [5.74, 6) is 0.292. The summed E-state index contributed by atoms with van der Waals surface area (Å²) in [7, 11) is 0. The van der Waals surface area contributed by atoms with E-state index >= 15 is 0 Å². The van der Waals surface area contributed by atoms with Crippen LogP contribution in [0.2, 0.25) is 5.02 Å². The molecule has 3 rings (SSSR count). The Morgan fingerprint density at radius 3 is 2.58 bits per heavy atom. The van der Waals surface area contributed by atoms with Gasteiger partial charge in [0.25, 0.3) is 0 Å². The van der Waals surface area contributed by atoms with E-state index in [0.29, 0.717) is 18.0 Å². The number of carbonyl (C=O) groups excluding carboxylic acids is 2. The number of aliphatic hydroxyl groups excluding tert-OH is 1. The maximum Gasteiger partial charge on any atom is 0.246 e. The zero-order valence-electron chi connectivity index (χ0n) is 18.5. The van der Waals surface area contributed by atoms with E-state index < -0.39 is 17.6 Å². The molecule has 0 spiro atoms. The van der Waals surface area contributed by atoms with E-state index in [1.54, 1.807) is 11.1 Å². The number of nitrogens with zero attached hydrogens (tertiary/aromatic N) is 3. The third-order valence-corrected chi connectivity index (χ3v) is 5.88. The minimum absolute atomic E-state index is 0.198. The van der Waals surface area contributed by atoms with Crippen molar-refractivity contribution in [3.8, 4) is 0 Å². The van der Waals surface area contributed by atoms with Gasteiger partial charge in [-0.1, -0.05) is 44.5 Å². The maximum absolute atomic E-state index is 13.5. The number of aliphatic hydroxyl groups is 1. The van der Waals surface area contributed by atoms with Crippen LogP contribution in [0.3, 0.4) is 0 Å². The molecule has 31 heavy (non-hydrogen) atoms. The Kier molecular flexibility index (Phi) is 7.06. The Morgan fingerprint density at radius 1 is 1.29 bits per heavy atom. The fourth-order valence-corrected chi connectivity index (χ4v) is 4.15. The highest BCUT2D eigenvalue weighted by atomic mass is 35.5. The number of β-amino-alcohol motifs (C(OH)–C–C–N with tert-alkyl or cyclic N) is 1. The Labute approximate surface area is 188 Å². The van der Waals surface area contributed by atoms with Crippen molar-refractivity contribution in [2.75, 3.05) is 6.54 Å². The highest BCUT2D eigenvalue weighted by Gasteiger charge is 2.43. The van der Waals surface area contributed by atoms with Crippen LogP contribution in [-0.2, 0) is 22.6 Å². The molecule has 1 aliphatic rings. The summed E-state index contributed by atoms with van der Waals surface area (Å²) in [5.41, 5.74) is 0.687. The number of halogens is 1. The number of hydrogen-bond donors (Lipinski definition) is 2. The molecule has 2 amide bonds. The van der Waals surface area contributed by atoms with Crippen LogP contribution < -0.4 is 5.32 Å². The maximum atomic E-state index is 13.5. The fourth-order valence-electron chi connectivity index (χ4n) is 4.03. The quantitative estimate of drug-likeness (QED) is 0.714. The van der Waals surface area contributed by atoms with Gasteiger partial charge in [0.15, 0.2) is 0 Å². The van der Waals surface area contributed by atoms with Crippen LogP contribution in [0.25, 0.3) is 0 Å². The minimum Gasteiger partial charge on any atom is -0.391 e. The standard InChI is InChI=1S/C23H31ClN4O3/c1-15(29)26-20(23(2,3)4)22(31)28-14-18(30)13-19(28)21-25-10-12-27(21)11-9-16-5-7-17(24)8-6-16/h5-8,10,12,18-20,30H,9,11,13-14H2,1-4H3,(H,26,29)/t18-,19+,20?/m1/s1. The van der Waals surface area contributed by atoms with E-state index in [1.165, 1.54) is 6.92 Å². The first-order valence-electron chi connectivity index (χ1n) is 10.6. The van der Waals surface area contributed by atoms with Crippen LogP contribution in [-0.4, -0.2) is 50.1 Å². The number of nitrogens with one attached hydrogen (secondary N) is 1. The SMILES string of the molecule is CC(=O)NC(C(=O)N1C[C@H](O)C[C@H]1c1nccn1CCc1ccc(Cl)cc1)C(C)(C)C. The molecule has 0 saturated carbocycles. The summed E-state index contributed by atoms with van der Waals surface area (Å²) in [6.07, 6.45) is 4.20. The minimum atomic E-state index is -0.685. The number of aromatic nitrogens is 2. The van der Waals surface area contributed by atoms with Crippen LogP contribution >= 0.6 is 11.6 Å². The van der Waals surface area contributed by atoms with Gasteiger partial charge in [-0.15, -0.1) is 0 Å². The summed E-state index contributed by atoms with van der Waals surface area (Å²) < 4.78 is 2.03. The summed E-state index contributed by atoms with van der Waals surface area (Å²) in [6.45, 7) is 8.08. The van der Waals surface area contributed by atoms with Gasteiger partial charge in [-0.05, 0) is 29.5 Å². The number of carbonyl (C=O) groups is 2. The first-order valence-corrected chi connectivity index (χ1v) is 10.9. The number of imidazole rings is 1. The Balaban J connectivity index is 1.81. The van der Waals surface area contributed by atoms with Crippen molar-refractivity contribution in [1.82, 2.24) is 19.8 Å². The Bertz CT molecular complexity index is 920. The van der Waals surface area contributed by atoms with Crippen LogP contribution in [0.5, 0.6) is 0 Å². The highest BCUT2D eigenvalue weighted by molar-refractivity contribution is 6.30. The summed E-state index contributed by atoms with van der Waals surface area (Å²) in [4.78, 5) is 31.4. The molecule has 2 heterocycles. The van der Waals surface area contributed by atoms with Crippen molar-refractivity contribution in [1.29, 1.82) is 0 Å². The van der Waals surface area contributed by atoms with Crippen molar-refractivity contribution in [2.45, 2.75) is 65.3 Å². The van der Waals surface area contributed by atoms with Gasteiger partial charge in [0.05, 0.1) is 12.1 Å². The first-order chi connectivity index (χ1) is 14.6. The molecule has 1 fully saturated rings. The fraction of sp³-hybridized carbons (Fsp3) is 0.522. The summed E-state index contributed by atoms with van der Waals surface area (Å²) in [5, 5.41) is 13.9. The van der Waals surface area contributed by atoms with E-state index in [-0.39, 0.29) is 24.4 Å². The molecule has 1 unspecified atom stereocenters. The molecule has 1 saturated heterocycles. The van der Waals surface area contributed by atoms with Crippen molar-refractivity contribution < 1.29 is 14.7 Å². The van der Waals surface area contributed by atoms with E-state index in [0.717, 1.165) is 17.8 Å². The molecule has 2 N–H and O–H groups in total. The van der Waals surface area contributed by atoms with E-state index in [4.69, 9.17) is 11.6 Å². The number of aryl methyl sites for hydroxylation is 2. The van der Waals surface area contributed by atoms with Gasteiger partial charge in [-0.25, -0.2) is 4.98 Å². The molecular formula is C23H31ClN4O3. The van der Waals surface area contributed by atoms with Crippen LogP contribution in [0.15, 0.2) is 36.7 Å². The molecule has 8 heteroatoms. The molecule has 1 aliphatic heterocycles. The smallest absolute Gasteiger partial charge is 0.246 e. The topological polar surface area (TPSA) is 87.5 Å². The van der Waals surface area contributed by atoms with Gasteiger partial charge in [0.1, 0.15) is 11.9 Å². The number of benzene rings is 1. The second-order valence-corrected chi connectivity index (χ2v) is 9.69. The Morgan fingerprint density at radius 2 is 1.97 bits per heavy atom. The average Bonchev–Trinajstić information content (AvgIpc) is 3.30. The van der Waals surface area contributed by atoms with Gasteiger partial charge < -0.3 is 19.9 Å². The lowest BCUT2D eigenvalue weighted by Crippen LogP contribution is -2.54. The second-order valence-electron chi connectivity index (χ2n) is 9.25. The third kappa shape index (κ3) is 5.66. The number of hydrogen-bond acceptors (Lipinski definition) is 4. The van der Waals surface area contributed by atoms with Gasteiger partial charge in [0, 0.05) is 43.9 Å². The molecule has 2 aromatic rings. The van der Waals surface area contributed by atoms with E-state index in [1.807, 2.05) is 55.8 Å². The predicted octanol–water partition coefficient (Wildman–Crippen LogP) is 2.96. The summed E-state index contributed by atoms with van der Waals surface area (Å²) in [6, 6.07) is 6.70. The lowest BCUT2D eigenvalue weighted by atomic mass is 9.85. The third-order valence-electron chi connectivity index (χ3n) is 5.62. The number of likely N-dealkylation sites (tertiary alicyclic amines) is 1. The molecule has 1 aromatic carbocycles. The van der Waals surface area contributed by atoms with Crippen LogP contribution in [0.4, 0.5) is 0 Å². The van der Waals surface area contributed by atoms with Crippen molar-refractivity contribution in [2.24, 2.45) is 5.41 Å². The molecule has 3 atom stereocenters. The lowest BCUT2D eigenvalue weighted by Gasteiger charge is -2.35. The van der Waals surface area contributed by atoms with Gasteiger partial charge in [-0.2, -0.15) is 0 Å². The van der Waals surface area contributed by atoms with Crippen molar-refractivity contribution >= 4 is 23.4 Å². The average molecular weight is 447 g/mol. The Hall–Kier alpha value is -2.38. The number of rotatable bonds is 6. The lowest BCUT2D eigenvalue weighted by molar-refractivity contribution is -0.140. The molecule has 0 bridgehead atoms. The highest BCUT2D eigenvalue weighted by Crippen LogP contribution is 2.34. The molecule has 7 nitrogen and oxygen atoms in total. The van der Waals surface area contributed by atoms with E-state index in [2.05, 4.69) is 10.3 Å². The molecule has 1 aromatic heterocycles. The van der Waals surface area contributed by atoms with Crippen LogP contribution in [0.1, 0.15) is 51.5 Å². The second kappa shape index (κ2) is 9.40. The zero-order chi connectivity index (χ0) is 22.8.